The minimum atomic E-state index is -0.723. The molecule has 2 N–H and O–H groups in total. The van der Waals surface area contributed by atoms with Gasteiger partial charge in [0.15, 0.2) is 0 Å². The van der Waals surface area contributed by atoms with Crippen molar-refractivity contribution in [3.8, 4) is 0 Å². The maximum absolute atomic E-state index is 12.1. The Labute approximate surface area is 149 Å². The highest BCUT2D eigenvalue weighted by Gasteiger charge is 2.18. The molecule has 126 valence electrons. The molecule has 5 heteroatoms. The van der Waals surface area contributed by atoms with E-state index in [0.29, 0.717) is 6.42 Å². The first-order valence-electron chi connectivity index (χ1n) is 8.22. The maximum atomic E-state index is 12.1. The van der Waals surface area contributed by atoms with Crippen molar-refractivity contribution in [3.63, 3.8) is 0 Å². The van der Waals surface area contributed by atoms with Gasteiger partial charge in [-0.3, -0.25) is 4.79 Å². The number of ether oxygens (including phenoxy) is 1. The molecule has 3 aromatic rings. The van der Waals surface area contributed by atoms with Crippen LogP contribution in [0.3, 0.4) is 0 Å². The minimum Gasteiger partial charge on any atom is -0.460 e. The van der Waals surface area contributed by atoms with E-state index in [0.717, 1.165) is 22.0 Å². The van der Waals surface area contributed by atoms with Crippen molar-refractivity contribution in [2.24, 2.45) is 12.8 Å². The van der Waals surface area contributed by atoms with Crippen molar-refractivity contribution in [1.29, 1.82) is 0 Å². The fourth-order valence-electron chi connectivity index (χ4n) is 2.64. The van der Waals surface area contributed by atoms with E-state index in [2.05, 4.69) is 0 Å². The van der Waals surface area contributed by atoms with E-state index >= 15 is 0 Å². The number of halogens is 1. The lowest BCUT2D eigenvalue weighted by Gasteiger charge is -2.11. The van der Waals surface area contributed by atoms with Gasteiger partial charge in [0.2, 0.25) is 0 Å². The molecule has 0 bridgehead atoms. The highest BCUT2D eigenvalue weighted by Crippen LogP contribution is 2.21. The monoisotopic (exact) mass is 345 g/mol. The summed E-state index contributed by atoms with van der Waals surface area (Å²) in [5.74, 6) is -0.415. The van der Waals surface area contributed by atoms with Crippen molar-refractivity contribution in [2.45, 2.75) is 19.1 Å². The first-order chi connectivity index (χ1) is 11.7. The zero-order valence-corrected chi connectivity index (χ0v) is 14.0. The lowest BCUT2D eigenvalue weighted by molar-refractivity contribution is -0.146. The number of nitrogens with zero attached hydrogens (tertiary/aromatic N) is 1. The molecule has 0 aliphatic rings. The Balaban J connectivity index is 0.00000225. The summed E-state index contributed by atoms with van der Waals surface area (Å²) >= 11 is 0. The number of fused-ring (bicyclic) bond motifs is 1. The average molecular weight is 346 g/mol. The van der Waals surface area contributed by atoms with Crippen LogP contribution in [0.15, 0.2) is 60.8 Å². The predicted octanol–water partition coefficient (Wildman–Crippen LogP) is 3.21. The molecule has 0 aliphatic heterocycles. The van der Waals surface area contributed by atoms with Gasteiger partial charge in [0.25, 0.3) is 0 Å². The smallest absolute Gasteiger partial charge is 0.323 e. The number of aromatic nitrogens is 1. The van der Waals surface area contributed by atoms with Crippen molar-refractivity contribution in [2.75, 3.05) is 0 Å². The molecule has 4 nitrogen and oxygen atoms in total. The summed E-state index contributed by atoms with van der Waals surface area (Å²) < 4.78 is 14.7. The molecule has 0 amide bonds. The van der Waals surface area contributed by atoms with Gasteiger partial charge in [-0.2, -0.15) is 0 Å². The van der Waals surface area contributed by atoms with Gasteiger partial charge in [0.05, 0.1) is 0 Å². The molecule has 3 rings (SSSR count). The molecule has 2 aromatic carbocycles. The molecule has 0 unspecified atom stereocenters. The van der Waals surface area contributed by atoms with Crippen molar-refractivity contribution in [1.82, 2.24) is 4.57 Å². The number of carbonyl (C=O) groups is 1. The normalized spacial score (nSPS) is 12.3. The van der Waals surface area contributed by atoms with Gasteiger partial charge in [0, 0.05) is 31.9 Å². The molecule has 0 saturated carbocycles. The van der Waals surface area contributed by atoms with Crippen LogP contribution in [0.5, 0.6) is 0 Å². The number of rotatable bonds is 5. The lowest BCUT2D eigenvalue weighted by atomic mass is 10.1. The maximum Gasteiger partial charge on any atom is 0.323 e. The summed E-state index contributed by atoms with van der Waals surface area (Å²) in [7, 11) is 0.133. The molecule has 0 radical (unpaired) electrons. The molecule has 24 heavy (non-hydrogen) atoms. The quantitative estimate of drug-likeness (QED) is 0.722. The van der Waals surface area contributed by atoms with E-state index in [1.54, 1.807) is 0 Å². The Morgan fingerprint density at radius 1 is 1.21 bits per heavy atom. The Morgan fingerprint density at radius 2 is 1.92 bits per heavy atom. The van der Waals surface area contributed by atoms with Gasteiger partial charge in [-0.15, -0.1) is 12.4 Å². The van der Waals surface area contributed by atoms with E-state index in [9.17, 15) is 4.79 Å². The van der Waals surface area contributed by atoms with Crippen LogP contribution in [-0.2, 0) is 29.6 Å². The Kier molecular flexibility index (Phi) is 5.51. The van der Waals surface area contributed by atoms with Gasteiger partial charge >= 0.3 is 5.97 Å². The van der Waals surface area contributed by atoms with Crippen LogP contribution < -0.4 is 5.73 Å². The van der Waals surface area contributed by atoms with Gasteiger partial charge in [-0.05, 0) is 17.2 Å². The first-order valence-corrected chi connectivity index (χ1v) is 7.51. The number of hydrogen-bond donors (Lipinski definition) is 1. The first kappa shape index (κ1) is 16.6. The van der Waals surface area contributed by atoms with E-state index in [1.807, 2.05) is 65.4 Å². The molecule has 0 spiro atoms. The van der Waals surface area contributed by atoms with E-state index < -0.39 is 12.0 Å². The summed E-state index contributed by atoms with van der Waals surface area (Å²) in [4.78, 5) is 12.1. The highest BCUT2D eigenvalue weighted by molar-refractivity contribution is 5.85. The van der Waals surface area contributed by atoms with Gasteiger partial charge in [-0.1, -0.05) is 48.5 Å². The van der Waals surface area contributed by atoms with Crippen LogP contribution in [-0.4, -0.2) is 16.6 Å². The van der Waals surface area contributed by atoms with Gasteiger partial charge in [-0.25, -0.2) is 0 Å². The van der Waals surface area contributed by atoms with Crippen molar-refractivity contribution >= 4 is 29.3 Å². The SMILES string of the molecule is Cl.[2H]Cn1cc(C[C@H](N)C(=O)OCc2ccccc2)c2ccccc21. The number of aryl methyl sites for hydroxylation is 1. The summed E-state index contributed by atoms with van der Waals surface area (Å²) in [5.41, 5.74) is 8.90. The Bertz CT molecular complexity index is 836. The second kappa shape index (κ2) is 7.99. The number of benzene rings is 2. The van der Waals surface area contributed by atoms with Crippen molar-refractivity contribution in [3.05, 3.63) is 71.9 Å². The third-order valence-corrected chi connectivity index (χ3v) is 3.84. The summed E-state index contributed by atoms with van der Waals surface area (Å²) in [6.07, 6.45) is 2.28. The predicted molar refractivity (Wildman–Crippen MR) is 98.1 cm³/mol. The van der Waals surface area contributed by atoms with Crippen LogP contribution in [0.2, 0.25) is 0 Å². The van der Waals surface area contributed by atoms with Crippen LogP contribution >= 0.6 is 12.4 Å². The van der Waals surface area contributed by atoms with E-state index in [1.165, 1.54) is 0 Å². The number of nitrogens with two attached hydrogens (primary N) is 1. The summed E-state index contributed by atoms with van der Waals surface area (Å²) in [5, 5.41) is 1.02. The van der Waals surface area contributed by atoms with Gasteiger partial charge in [0.1, 0.15) is 12.6 Å². The molecular weight excluding hydrogens is 324 g/mol. The molecule has 1 heterocycles. The highest BCUT2D eigenvalue weighted by atomic mass is 35.5. The lowest BCUT2D eigenvalue weighted by Crippen LogP contribution is -2.34. The van der Waals surface area contributed by atoms with Gasteiger partial charge < -0.3 is 15.0 Å². The molecule has 0 fully saturated rings. The number of hydrogen-bond acceptors (Lipinski definition) is 3. The Morgan fingerprint density at radius 3 is 2.67 bits per heavy atom. The minimum absolute atomic E-state index is 0. The van der Waals surface area contributed by atoms with E-state index in [-0.39, 0.29) is 26.0 Å². The van der Waals surface area contributed by atoms with E-state index in [4.69, 9.17) is 11.8 Å². The molecule has 0 aliphatic carbocycles. The largest absolute Gasteiger partial charge is 0.460 e. The fourth-order valence-corrected chi connectivity index (χ4v) is 2.64. The third-order valence-electron chi connectivity index (χ3n) is 3.84. The van der Waals surface area contributed by atoms with Crippen molar-refractivity contribution < 1.29 is 10.9 Å². The number of carbonyl (C=O) groups excluding carboxylic acids is 1. The molecular formula is C19H21ClN2O2. The molecule has 1 aromatic heterocycles. The second-order valence-electron chi connectivity index (χ2n) is 5.55. The molecule has 1 atom stereocenters. The fraction of sp³-hybridized carbons (Fsp3) is 0.211. The number of esters is 1. The summed E-state index contributed by atoms with van der Waals surface area (Å²) in [6.45, 7) is 0.224. The Hall–Kier alpha value is -2.30. The van der Waals surface area contributed by atoms with Crippen LogP contribution in [0.25, 0.3) is 10.9 Å². The second-order valence-corrected chi connectivity index (χ2v) is 5.55. The third kappa shape index (κ3) is 3.96. The zero-order valence-electron chi connectivity index (χ0n) is 14.2. The standard InChI is InChI=1S/C19H20N2O2.ClH/c1-21-12-15(16-9-5-6-10-18(16)21)11-17(20)19(22)23-13-14-7-3-2-4-8-14;/h2-10,12,17H,11,13,20H2,1H3;1H/t17-;/m0./s1/i1D;. The topological polar surface area (TPSA) is 57.2 Å². The zero-order chi connectivity index (χ0) is 16.9. The number of para-hydroxylation sites is 1. The van der Waals surface area contributed by atoms with Crippen LogP contribution in [0, 0.1) is 0 Å². The molecule has 0 saturated heterocycles. The summed E-state index contributed by atoms with van der Waals surface area (Å²) in [6, 6.07) is 16.6. The van der Waals surface area contributed by atoms with Crippen LogP contribution in [0.4, 0.5) is 0 Å². The van der Waals surface area contributed by atoms with Crippen LogP contribution in [0.1, 0.15) is 12.5 Å². The average Bonchev–Trinajstić information content (AvgIpc) is 2.98.